The summed E-state index contributed by atoms with van der Waals surface area (Å²) in [5, 5.41) is 3.25. The number of nitrogens with one attached hydrogen (secondary N) is 2. The molecule has 2 heterocycles. The molecule has 0 aliphatic carbocycles. The van der Waals surface area contributed by atoms with E-state index in [1.807, 2.05) is 0 Å². The van der Waals surface area contributed by atoms with E-state index in [1.165, 1.54) is 5.56 Å². The van der Waals surface area contributed by atoms with Crippen molar-refractivity contribution in [2.45, 2.75) is 102 Å². The van der Waals surface area contributed by atoms with Gasteiger partial charge in [0, 0.05) is 17.4 Å². The third-order valence-electron chi connectivity index (χ3n) is 4.27. The average Bonchev–Trinajstić information content (AvgIpc) is 3.23. The highest BCUT2D eigenvalue weighted by Crippen LogP contribution is 2.25. The molecule has 0 amide bonds. The minimum Gasteiger partial charge on any atom is -0.372 e. The van der Waals surface area contributed by atoms with Gasteiger partial charge in [-0.3, -0.25) is 4.99 Å². The molecule has 0 spiro atoms. The first-order valence-electron chi connectivity index (χ1n) is 11.0. The van der Waals surface area contributed by atoms with Crippen LogP contribution in [0.3, 0.4) is 0 Å². The first-order chi connectivity index (χ1) is 13.2. The van der Waals surface area contributed by atoms with E-state index in [4.69, 9.17) is 0 Å². The molecule has 1 aliphatic rings. The minimum atomic E-state index is 0. The second-order valence-corrected chi connectivity index (χ2v) is 10.9. The Morgan fingerprint density at radius 3 is 1.77 bits per heavy atom. The van der Waals surface area contributed by atoms with Crippen molar-refractivity contribution in [1.82, 2.24) is 15.3 Å². The smallest absolute Gasteiger partial charge is 0.112 e. The van der Waals surface area contributed by atoms with E-state index in [0.29, 0.717) is 5.92 Å². The summed E-state index contributed by atoms with van der Waals surface area (Å²) in [5.41, 5.74) is 3.87. The number of fused-ring (bicyclic) bond motifs is 1. The topological polar surface area (TPSA) is 53.1 Å². The molecule has 1 aliphatic heterocycles. The van der Waals surface area contributed by atoms with Crippen LogP contribution in [0.25, 0.3) is 11.0 Å². The summed E-state index contributed by atoms with van der Waals surface area (Å²) in [4.78, 5) is 12.4. The lowest BCUT2D eigenvalue weighted by atomic mass is 9.95. The number of hydrogen-bond acceptors (Lipinski definition) is 3. The van der Waals surface area contributed by atoms with Gasteiger partial charge in [0.05, 0.1) is 17.6 Å². The number of rotatable bonds is 1. The van der Waals surface area contributed by atoms with Gasteiger partial charge in [-0.15, -0.1) is 0 Å². The van der Waals surface area contributed by atoms with Crippen LogP contribution in [-0.4, -0.2) is 28.9 Å². The van der Waals surface area contributed by atoms with Gasteiger partial charge in [-0.1, -0.05) is 97.1 Å². The summed E-state index contributed by atoms with van der Waals surface area (Å²) in [7, 11) is 0. The number of aliphatic imine (C=N–C) groups is 1. The number of hydrogen-bond donors (Lipinski definition) is 2. The van der Waals surface area contributed by atoms with Crippen molar-refractivity contribution in [2.75, 3.05) is 13.1 Å². The highest BCUT2D eigenvalue weighted by Gasteiger charge is 2.20. The lowest BCUT2D eigenvalue weighted by Crippen LogP contribution is -2.31. The fraction of sp³-hybridized carbons (Fsp3) is 0.704. The third kappa shape index (κ3) is 10.8. The molecule has 180 valence electrons. The van der Waals surface area contributed by atoms with Crippen LogP contribution in [0.1, 0.15) is 108 Å². The molecule has 0 saturated carbocycles. The van der Waals surface area contributed by atoms with Crippen LogP contribution in [0.4, 0.5) is 0 Å². The molecular formula is C27H52N4. The van der Waals surface area contributed by atoms with Crippen LogP contribution in [0.15, 0.2) is 23.2 Å². The molecule has 1 aromatic heterocycles. The Kier molecular flexibility index (Phi) is 13.0. The second-order valence-electron chi connectivity index (χ2n) is 10.9. The van der Waals surface area contributed by atoms with Crippen molar-refractivity contribution in [3.8, 4) is 0 Å². The number of aromatic nitrogens is 2. The average molecular weight is 433 g/mol. The van der Waals surface area contributed by atoms with Crippen molar-refractivity contribution in [3.63, 3.8) is 0 Å². The summed E-state index contributed by atoms with van der Waals surface area (Å²) < 4.78 is 0. The molecule has 0 fully saturated rings. The van der Waals surface area contributed by atoms with Crippen LogP contribution in [-0.2, 0) is 5.41 Å². The van der Waals surface area contributed by atoms with E-state index >= 15 is 0 Å². The first-order valence-corrected chi connectivity index (χ1v) is 11.0. The summed E-state index contributed by atoms with van der Waals surface area (Å²) in [6.07, 6.45) is 0. The molecule has 31 heavy (non-hydrogen) atoms. The Bertz CT molecular complexity index is 781. The maximum Gasteiger partial charge on any atom is 0.112 e. The predicted octanol–water partition coefficient (Wildman–Crippen LogP) is 7.95. The van der Waals surface area contributed by atoms with Crippen LogP contribution in [0.2, 0.25) is 0 Å². The van der Waals surface area contributed by atoms with E-state index in [-0.39, 0.29) is 25.7 Å². The summed E-state index contributed by atoms with van der Waals surface area (Å²) in [6, 6.07) is 6.49. The molecule has 4 heteroatoms. The molecule has 2 aromatic rings. The van der Waals surface area contributed by atoms with Crippen molar-refractivity contribution < 1.29 is 0 Å². The van der Waals surface area contributed by atoms with Crippen LogP contribution >= 0.6 is 0 Å². The zero-order valence-electron chi connectivity index (χ0n) is 20.7. The minimum absolute atomic E-state index is 0. The second kappa shape index (κ2) is 12.9. The van der Waals surface area contributed by atoms with E-state index in [0.717, 1.165) is 41.7 Å². The zero-order valence-corrected chi connectivity index (χ0v) is 20.7. The summed E-state index contributed by atoms with van der Waals surface area (Å²) in [6.45, 7) is 25.9. The molecule has 0 bridgehead atoms. The quantitative estimate of drug-likeness (QED) is 0.480. The number of H-pyrrole nitrogens is 1. The number of nitrogens with zero attached hydrogens (tertiary/aromatic N) is 2. The molecule has 1 aromatic carbocycles. The van der Waals surface area contributed by atoms with E-state index in [1.54, 1.807) is 0 Å². The number of imidazole rings is 1. The Morgan fingerprint density at radius 2 is 1.42 bits per heavy atom. The number of benzene rings is 1. The molecule has 0 atom stereocenters. The van der Waals surface area contributed by atoms with E-state index in [2.05, 4.69) is 115 Å². The standard InChI is InChI=1S/C14H20N2.C7H14N2.C4H10.2CH4/c1-9(2)10-6-7-11-12(8-10)16-13(15-11)14(3,4)5;1-7(2,3)6-8-4-5-9-6;1-4(2)3;;/h6-9H,1-5H3,(H,15,16);4-5H2,1-3H3,(H,8,9);4H,1-3H3;2*1H4. The van der Waals surface area contributed by atoms with Gasteiger partial charge in [-0.25, -0.2) is 4.98 Å². The van der Waals surface area contributed by atoms with Gasteiger partial charge in [0.1, 0.15) is 11.7 Å². The lowest BCUT2D eigenvalue weighted by Gasteiger charge is -2.18. The summed E-state index contributed by atoms with van der Waals surface area (Å²) >= 11 is 0. The normalized spacial score (nSPS) is 13.3. The highest BCUT2D eigenvalue weighted by atomic mass is 15.1. The molecule has 2 N–H and O–H groups in total. The van der Waals surface area contributed by atoms with Gasteiger partial charge in [-0.2, -0.15) is 0 Å². The van der Waals surface area contributed by atoms with Crippen LogP contribution < -0.4 is 5.32 Å². The van der Waals surface area contributed by atoms with E-state index in [9.17, 15) is 0 Å². The Hall–Kier alpha value is -1.84. The summed E-state index contributed by atoms with van der Waals surface area (Å²) in [5.74, 6) is 3.61. The fourth-order valence-electron chi connectivity index (χ4n) is 2.64. The Balaban J connectivity index is 0. The molecule has 4 nitrogen and oxygen atoms in total. The zero-order chi connectivity index (χ0) is 22.4. The molecule has 0 unspecified atom stereocenters. The SMILES string of the molecule is C.C.CC(C)(C)C1=NCCN1.CC(C)C.CC(C)c1ccc2nc(C(C)(C)C)[nH]c2c1. The number of amidine groups is 1. The van der Waals surface area contributed by atoms with Crippen molar-refractivity contribution in [2.24, 2.45) is 16.3 Å². The third-order valence-corrected chi connectivity index (χ3v) is 4.27. The maximum atomic E-state index is 4.63. The van der Waals surface area contributed by atoms with Crippen LogP contribution in [0.5, 0.6) is 0 Å². The van der Waals surface area contributed by atoms with Gasteiger partial charge < -0.3 is 10.3 Å². The largest absolute Gasteiger partial charge is 0.372 e. The predicted molar refractivity (Wildman–Crippen MR) is 143 cm³/mol. The molecule has 0 saturated heterocycles. The van der Waals surface area contributed by atoms with Crippen molar-refractivity contribution in [3.05, 3.63) is 29.6 Å². The van der Waals surface area contributed by atoms with Gasteiger partial charge >= 0.3 is 0 Å². The maximum absolute atomic E-state index is 4.63. The molecule has 0 radical (unpaired) electrons. The highest BCUT2D eigenvalue weighted by molar-refractivity contribution is 5.88. The van der Waals surface area contributed by atoms with Crippen molar-refractivity contribution in [1.29, 1.82) is 0 Å². The van der Waals surface area contributed by atoms with Crippen molar-refractivity contribution >= 4 is 16.9 Å². The molecule has 3 rings (SSSR count). The first kappa shape index (κ1) is 31.3. The Labute approximate surface area is 193 Å². The molecular weight excluding hydrogens is 380 g/mol. The van der Waals surface area contributed by atoms with Crippen LogP contribution in [0, 0.1) is 11.3 Å². The Morgan fingerprint density at radius 1 is 0.871 bits per heavy atom. The van der Waals surface area contributed by atoms with Gasteiger partial charge in [0.2, 0.25) is 0 Å². The van der Waals surface area contributed by atoms with E-state index < -0.39 is 0 Å². The fourth-order valence-corrected chi connectivity index (χ4v) is 2.64. The number of aromatic amines is 1. The lowest BCUT2D eigenvalue weighted by molar-refractivity contribution is 0.554. The monoisotopic (exact) mass is 432 g/mol. The van der Waals surface area contributed by atoms with Gasteiger partial charge in [-0.05, 0) is 29.5 Å². The van der Waals surface area contributed by atoms with Gasteiger partial charge in [0.25, 0.3) is 0 Å². The van der Waals surface area contributed by atoms with Gasteiger partial charge in [0.15, 0.2) is 0 Å².